The van der Waals surface area contributed by atoms with Crippen LogP contribution < -0.4 is 5.32 Å². The average Bonchev–Trinajstić information content (AvgIpc) is 2.69. The lowest BCUT2D eigenvalue weighted by atomic mass is 10.1. The van der Waals surface area contributed by atoms with Gasteiger partial charge in [-0.05, 0) is 66.9 Å². The molecule has 0 atom stereocenters. The second-order valence-electron chi connectivity index (χ2n) is 6.39. The van der Waals surface area contributed by atoms with E-state index in [1.807, 2.05) is 56.3 Å². The molecule has 0 unspecified atom stereocenters. The summed E-state index contributed by atoms with van der Waals surface area (Å²) < 4.78 is 5.37. The van der Waals surface area contributed by atoms with Gasteiger partial charge in [0.15, 0.2) is 0 Å². The number of ether oxygens (including phenoxy) is 1. The Morgan fingerprint density at radius 3 is 2.15 bits per heavy atom. The van der Waals surface area contributed by atoms with Gasteiger partial charge in [-0.15, -0.1) is 0 Å². The van der Waals surface area contributed by atoms with Crippen LogP contribution in [0.1, 0.15) is 37.4 Å². The molecule has 0 aliphatic heterocycles. The fourth-order valence-electron chi connectivity index (χ4n) is 2.58. The first-order chi connectivity index (χ1) is 13.0. The van der Waals surface area contributed by atoms with Crippen LogP contribution in [0.3, 0.4) is 0 Å². The molecule has 4 heteroatoms. The number of hydrogen-bond donors (Lipinski definition) is 1. The lowest BCUT2D eigenvalue weighted by Gasteiger charge is -2.08. The number of hydrogen-bond acceptors (Lipinski definition) is 3. The Labute approximate surface area is 158 Å². The van der Waals surface area contributed by atoms with Crippen LogP contribution in [0.4, 0.5) is 5.69 Å². The van der Waals surface area contributed by atoms with Gasteiger partial charge in [0.2, 0.25) is 0 Å². The quantitative estimate of drug-likeness (QED) is 0.658. The molecule has 0 saturated carbocycles. The summed E-state index contributed by atoms with van der Waals surface area (Å²) in [4.78, 5) is 24.4. The van der Waals surface area contributed by atoms with Gasteiger partial charge in [0.25, 0.3) is 5.91 Å². The summed E-state index contributed by atoms with van der Waals surface area (Å²) in [6, 6.07) is 21.8. The molecule has 1 N–H and O–H groups in total. The number of aryl methyl sites for hydroxylation is 2. The number of anilines is 1. The highest BCUT2D eigenvalue weighted by Gasteiger charge is 2.10. The van der Waals surface area contributed by atoms with Crippen molar-refractivity contribution in [2.75, 3.05) is 5.32 Å². The molecule has 0 heterocycles. The molecule has 3 aromatic carbocycles. The van der Waals surface area contributed by atoms with Crippen LogP contribution in [-0.2, 0) is 11.3 Å². The van der Waals surface area contributed by atoms with Crippen molar-refractivity contribution in [1.82, 2.24) is 0 Å². The Morgan fingerprint density at radius 1 is 0.815 bits per heavy atom. The Morgan fingerprint density at radius 2 is 1.48 bits per heavy atom. The van der Waals surface area contributed by atoms with E-state index in [4.69, 9.17) is 4.74 Å². The summed E-state index contributed by atoms with van der Waals surface area (Å²) in [5, 5.41) is 2.83. The molecule has 0 spiro atoms. The first-order valence-electron chi connectivity index (χ1n) is 8.72. The molecule has 3 rings (SSSR count). The van der Waals surface area contributed by atoms with E-state index in [1.54, 1.807) is 30.3 Å². The first-order valence-corrected chi connectivity index (χ1v) is 8.72. The van der Waals surface area contributed by atoms with Crippen molar-refractivity contribution in [1.29, 1.82) is 0 Å². The molecular weight excluding hydrogens is 338 g/mol. The van der Waals surface area contributed by atoms with Crippen LogP contribution in [0.2, 0.25) is 0 Å². The third-order valence-electron chi connectivity index (χ3n) is 4.36. The van der Waals surface area contributed by atoms with Crippen LogP contribution >= 0.6 is 0 Å². The predicted molar refractivity (Wildman–Crippen MR) is 106 cm³/mol. The fraction of sp³-hybridized carbons (Fsp3) is 0.130. The number of amides is 1. The maximum absolute atomic E-state index is 12.2. The van der Waals surface area contributed by atoms with Crippen LogP contribution in [0.5, 0.6) is 0 Å². The number of benzene rings is 3. The van der Waals surface area contributed by atoms with Crippen molar-refractivity contribution in [3.63, 3.8) is 0 Å². The van der Waals surface area contributed by atoms with Gasteiger partial charge in [-0.2, -0.15) is 0 Å². The molecule has 0 aromatic heterocycles. The van der Waals surface area contributed by atoms with Crippen LogP contribution in [0.25, 0.3) is 0 Å². The zero-order chi connectivity index (χ0) is 19.2. The van der Waals surface area contributed by atoms with Gasteiger partial charge in [-0.25, -0.2) is 4.79 Å². The Hall–Kier alpha value is -3.40. The minimum absolute atomic E-state index is 0.159. The van der Waals surface area contributed by atoms with Crippen LogP contribution in [0.15, 0.2) is 72.8 Å². The van der Waals surface area contributed by atoms with E-state index >= 15 is 0 Å². The van der Waals surface area contributed by atoms with Crippen molar-refractivity contribution >= 4 is 17.6 Å². The van der Waals surface area contributed by atoms with Gasteiger partial charge in [-0.3, -0.25) is 4.79 Å². The molecule has 1 amide bonds. The summed E-state index contributed by atoms with van der Waals surface area (Å²) in [7, 11) is 0. The monoisotopic (exact) mass is 359 g/mol. The first kappa shape index (κ1) is 18.4. The summed E-state index contributed by atoms with van der Waals surface area (Å²) in [6.07, 6.45) is 0. The number of rotatable bonds is 5. The third kappa shape index (κ3) is 4.82. The van der Waals surface area contributed by atoms with E-state index in [-0.39, 0.29) is 18.5 Å². The number of nitrogens with one attached hydrogen (secondary N) is 1. The van der Waals surface area contributed by atoms with Crippen LogP contribution in [-0.4, -0.2) is 11.9 Å². The highest BCUT2D eigenvalue weighted by atomic mass is 16.5. The van der Waals surface area contributed by atoms with Gasteiger partial charge in [0.05, 0.1) is 5.56 Å². The smallest absolute Gasteiger partial charge is 0.338 e. The minimum Gasteiger partial charge on any atom is -0.457 e. The summed E-state index contributed by atoms with van der Waals surface area (Å²) >= 11 is 0. The number of para-hydroxylation sites is 1. The van der Waals surface area contributed by atoms with Crippen molar-refractivity contribution in [2.24, 2.45) is 0 Å². The van der Waals surface area contributed by atoms with Crippen molar-refractivity contribution in [3.8, 4) is 0 Å². The highest BCUT2D eigenvalue weighted by molar-refractivity contribution is 6.04. The standard InChI is InChI=1S/C23H21NO3/c1-16-8-11-20(14-17(16)2)23(26)27-15-18-9-12-19(13-10-18)22(25)24-21-6-4-3-5-7-21/h3-14H,15H2,1-2H3,(H,24,25). The molecule has 27 heavy (non-hydrogen) atoms. The SMILES string of the molecule is Cc1ccc(C(=O)OCc2ccc(C(=O)Nc3ccccc3)cc2)cc1C. The molecule has 0 aliphatic carbocycles. The largest absolute Gasteiger partial charge is 0.457 e. The normalized spacial score (nSPS) is 10.3. The molecule has 0 aliphatic rings. The summed E-state index contributed by atoms with van der Waals surface area (Å²) in [6.45, 7) is 4.12. The minimum atomic E-state index is -0.357. The van der Waals surface area contributed by atoms with Gasteiger partial charge in [0, 0.05) is 11.3 Å². The number of carbonyl (C=O) groups excluding carboxylic acids is 2. The predicted octanol–water partition coefficient (Wildman–Crippen LogP) is 4.91. The third-order valence-corrected chi connectivity index (χ3v) is 4.36. The molecular formula is C23H21NO3. The van der Waals surface area contributed by atoms with Gasteiger partial charge in [-0.1, -0.05) is 36.4 Å². The van der Waals surface area contributed by atoms with Crippen molar-refractivity contribution in [2.45, 2.75) is 20.5 Å². The second kappa shape index (κ2) is 8.32. The van der Waals surface area contributed by atoms with Crippen molar-refractivity contribution < 1.29 is 14.3 Å². The summed E-state index contributed by atoms with van der Waals surface area (Å²) in [5.74, 6) is -0.538. The summed E-state index contributed by atoms with van der Waals surface area (Å²) in [5.41, 5.74) is 4.84. The number of esters is 1. The molecule has 3 aromatic rings. The zero-order valence-corrected chi connectivity index (χ0v) is 15.4. The zero-order valence-electron chi connectivity index (χ0n) is 15.4. The van der Waals surface area contributed by atoms with Gasteiger partial charge < -0.3 is 10.1 Å². The maximum atomic E-state index is 12.2. The Kier molecular flexibility index (Phi) is 5.67. The Bertz CT molecular complexity index is 947. The van der Waals surface area contributed by atoms with E-state index < -0.39 is 0 Å². The fourth-order valence-corrected chi connectivity index (χ4v) is 2.58. The van der Waals surface area contributed by atoms with Crippen LogP contribution in [0, 0.1) is 13.8 Å². The van der Waals surface area contributed by atoms with Gasteiger partial charge >= 0.3 is 5.97 Å². The molecule has 0 saturated heterocycles. The average molecular weight is 359 g/mol. The van der Waals surface area contributed by atoms with E-state index in [2.05, 4.69) is 5.32 Å². The Balaban J connectivity index is 1.58. The van der Waals surface area contributed by atoms with Gasteiger partial charge in [0.1, 0.15) is 6.61 Å². The molecule has 0 fully saturated rings. The number of carbonyl (C=O) groups is 2. The van der Waals surface area contributed by atoms with E-state index in [1.165, 1.54) is 0 Å². The van der Waals surface area contributed by atoms with E-state index in [0.29, 0.717) is 11.1 Å². The molecule has 4 nitrogen and oxygen atoms in total. The lowest BCUT2D eigenvalue weighted by molar-refractivity contribution is 0.0472. The topological polar surface area (TPSA) is 55.4 Å². The maximum Gasteiger partial charge on any atom is 0.338 e. The van der Waals surface area contributed by atoms with E-state index in [9.17, 15) is 9.59 Å². The highest BCUT2D eigenvalue weighted by Crippen LogP contribution is 2.13. The van der Waals surface area contributed by atoms with E-state index in [0.717, 1.165) is 22.4 Å². The molecule has 136 valence electrons. The lowest BCUT2D eigenvalue weighted by Crippen LogP contribution is -2.12. The molecule has 0 bridgehead atoms. The molecule has 0 radical (unpaired) electrons. The second-order valence-corrected chi connectivity index (χ2v) is 6.39. The van der Waals surface area contributed by atoms with Crippen molar-refractivity contribution in [3.05, 3.63) is 101 Å².